The molecule has 1 aliphatic carbocycles. The summed E-state index contributed by atoms with van der Waals surface area (Å²) in [6, 6.07) is 5.70. The first kappa shape index (κ1) is 18.4. The van der Waals surface area contributed by atoms with Crippen molar-refractivity contribution in [2.75, 3.05) is 18.4 Å². The van der Waals surface area contributed by atoms with Crippen LogP contribution in [0, 0.1) is 19.8 Å². The Kier molecular flexibility index (Phi) is 5.59. The van der Waals surface area contributed by atoms with Crippen molar-refractivity contribution >= 4 is 23.4 Å². The zero-order valence-corrected chi connectivity index (χ0v) is 15.5. The molecule has 26 heavy (non-hydrogen) atoms. The summed E-state index contributed by atoms with van der Waals surface area (Å²) in [5.41, 5.74) is 2.83. The highest BCUT2D eigenvalue weighted by Crippen LogP contribution is 2.31. The van der Waals surface area contributed by atoms with E-state index in [-0.39, 0.29) is 36.1 Å². The molecule has 0 bridgehead atoms. The van der Waals surface area contributed by atoms with Gasteiger partial charge in [-0.15, -0.1) is 0 Å². The number of benzene rings is 1. The number of nitrogens with one attached hydrogen (secondary N) is 2. The van der Waals surface area contributed by atoms with Crippen LogP contribution >= 0.6 is 0 Å². The zero-order chi connectivity index (χ0) is 18.7. The highest BCUT2D eigenvalue weighted by molar-refractivity contribution is 6.03. The number of hydrogen-bond donors (Lipinski definition) is 2. The minimum atomic E-state index is -0.323. The molecule has 2 fully saturated rings. The summed E-state index contributed by atoms with van der Waals surface area (Å²) in [5.74, 6) is -0.196. The molecule has 1 aromatic carbocycles. The molecule has 0 radical (unpaired) electrons. The first-order chi connectivity index (χ1) is 12.4. The highest BCUT2D eigenvalue weighted by Gasteiger charge is 2.35. The van der Waals surface area contributed by atoms with Crippen molar-refractivity contribution in [3.8, 4) is 0 Å². The Bertz CT molecular complexity index is 712. The van der Waals surface area contributed by atoms with Crippen LogP contribution in [0.2, 0.25) is 0 Å². The van der Waals surface area contributed by atoms with E-state index in [9.17, 15) is 14.4 Å². The zero-order valence-electron chi connectivity index (χ0n) is 15.5. The van der Waals surface area contributed by atoms with Gasteiger partial charge in [0.15, 0.2) is 0 Å². The number of amides is 3. The van der Waals surface area contributed by atoms with Crippen molar-refractivity contribution in [2.45, 2.75) is 52.0 Å². The van der Waals surface area contributed by atoms with E-state index in [1.165, 1.54) is 0 Å². The summed E-state index contributed by atoms with van der Waals surface area (Å²) in [6.45, 7) is 5.25. The molecule has 0 aromatic heterocycles. The highest BCUT2D eigenvalue weighted by atomic mass is 16.2. The number of aryl methyl sites for hydroxylation is 2. The van der Waals surface area contributed by atoms with Crippen molar-refractivity contribution in [1.82, 2.24) is 10.2 Å². The predicted molar refractivity (Wildman–Crippen MR) is 99.6 cm³/mol. The van der Waals surface area contributed by atoms with E-state index >= 15 is 0 Å². The second-order valence-electron chi connectivity index (χ2n) is 7.51. The van der Waals surface area contributed by atoms with Crippen LogP contribution in [0.3, 0.4) is 0 Å². The van der Waals surface area contributed by atoms with Gasteiger partial charge in [-0.2, -0.15) is 0 Å². The summed E-state index contributed by atoms with van der Waals surface area (Å²) in [6.07, 6.45) is 3.51. The van der Waals surface area contributed by atoms with Crippen LogP contribution in [0.15, 0.2) is 18.2 Å². The van der Waals surface area contributed by atoms with Gasteiger partial charge in [-0.05, 0) is 51.2 Å². The molecule has 1 aliphatic heterocycles. The number of anilines is 1. The summed E-state index contributed by atoms with van der Waals surface area (Å²) < 4.78 is 0. The monoisotopic (exact) mass is 357 g/mol. The van der Waals surface area contributed by atoms with Crippen LogP contribution in [-0.4, -0.2) is 41.8 Å². The van der Waals surface area contributed by atoms with E-state index in [1.54, 1.807) is 0 Å². The fourth-order valence-corrected chi connectivity index (χ4v) is 3.46. The second kappa shape index (κ2) is 7.89. The normalized spacial score (nSPS) is 19.8. The molecule has 1 unspecified atom stereocenters. The van der Waals surface area contributed by atoms with Crippen molar-refractivity contribution in [3.05, 3.63) is 29.3 Å². The molecule has 3 rings (SSSR count). The summed E-state index contributed by atoms with van der Waals surface area (Å²) in [5, 5.41) is 5.70. The van der Waals surface area contributed by atoms with Gasteiger partial charge in [-0.3, -0.25) is 14.4 Å². The molecule has 2 N–H and O–H groups in total. The molecular formula is C20H27N3O3. The Balaban J connectivity index is 1.46. The molecule has 1 atom stereocenters. The third kappa shape index (κ3) is 4.84. The quantitative estimate of drug-likeness (QED) is 0.793. The average Bonchev–Trinajstić information content (AvgIpc) is 3.42. The van der Waals surface area contributed by atoms with Crippen molar-refractivity contribution in [1.29, 1.82) is 0 Å². The van der Waals surface area contributed by atoms with Crippen LogP contribution in [0.25, 0.3) is 0 Å². The standard InChI is InChI=1S/C20H27N3O3/c1-13-5-8-17(14(2)10-13)22-19(25)11-18(24)21-16-4-3-9-23(12-16)20(26)15-6-7-15/h5,8,10,15-16H,3-4,6-7,9,11-12H2,1-2H3,(H,21,24)(H,22,25). The van der Waals surface area contributed by atoms with E-state index in [1.807, 2.05) is 36.9 Å². The lowest BCUT2D eigenvalue weighted by molar-refractivity contribution is -0.135. The van der Waals surface area contributed by atoms with Gasteiger partial charge in [0.25, 0.3) is 0 Å². The lowest BCUT2D eigenvalue weighted by atomic mass is 10.0. The second-order valence-corrected chi connectivity index (χ2v) is 7.51. The minimum absolute atomic E-state index is 0.0622. The van der Waals surface area contributed by atoms with E-state index < -0.39 is 0 Å². The maximum absolute atomic E-state index is 12.2. The van der Waals surface area contributed by atoms with Gasteiger partial charge in [-0.1, -0.05) is 17.7 Å². The van der Waals surface area contributed by atoms with Crippen LogP contribution in [-0.2, 0) is 14.4 Å². The Labute approximate surface area is 154 Å². The SMILES string of the molecule is Cc1ccc(NC(=O)CC(=O)NC2CCCN(C(=O)C3CC3)C2)c(C)c1. The number of likely N-dealkylation sites (tertiary alicyclic amines) is 1. The molecule has 6 heteroatoms. The molecule has 1 saturated carbocycles. The van der Waals surface area contributed by atoms with Gasteiger partial charge in [0.1, 0.15) is 6.42 Å². The van der Waals surface area contributed by atoms with E-state index in [4.69, 9.17) is 0 Å². The molecular weight excluding hydrogens is 330 g/mol. The van der Waals surface area contributed by atoms with Crippen LogP contribution < -0.4 is 10.6 Å². The fourth-order valence-electron chi connectivity index (χ4n) is 3.46. The predicted octanol–water partition coefficient (Wildman–Crippen LogP) is 2.15. The maximum atomic E-state index is 12.2. The number of nitrogens with zero attached hydrogens (tertiary/aromatic N) is 1. The van der Waals surface area contributed by atoms with Gasteiger partial charge >= 0.3 is 0 Å². The summed E-state index contributed by atoms with van der Waals surface area (Å²) in [4.78, 5) is 38.4. The van der Waals surface area contributed by atoms with Gasteiger partial charge in [-0.25, -0.2) is 0 Å². The Morgan fingerprint density at radius 3 is 2.58 bits per heavy atom. The molecule has 140 valence electrons. The Morgan fingerprint density at radius 2 is 1.88 bits per heavy atom. The fraction of sp³-hybridized carbons (Fsp3) is 0.550. The van der Waals surface area contributed by atoms with Gasteiger partial charge in [0.05, 0.1) is 0 Å². The molecule has 1 heterocycles. The number of piperidine rings is 1. The third-order valence-corrected chi connectivity index (χ3v) is 5.00. The maximum Gasteiger partial charge on any atom is 0.233 e. The molecule has 2 aliphatic rings. The van der Waals surface area contributed by atoms with Crippen molar-refractivity contribution in [3.63, 3.8) is 0 Å². The van der Waals surface area contributed by atoms with Gasteiger partial charge in [0, 0.05) is 30.7 Å². The van der Waals surface area contributed by atoms with Crippen molar-refractivity contribution < 1.29 is 14.4 Å². The third-order valence-electron chi connectivity index (χ3n) is 5.00. The van der Waals surface area contributed by atoms with Gasteiger partial charge in [0.2, 0.25) is 17.7 Å². The number of hydrogen-bond acceptors (Lipinski definition) is 3. The van der Waals surface area contributed by atoms with E-state index in [2.05, 4.69) is 10.6 Å². The van der Waals surface area contributed by atoms with E-state index in [0.29, 0.717) is 6.54 Å². The average molecular weight is 357 g/mol. The first-order valence-corrected chi connectivity index (χ1v) is 9.37. The smallest absolute Gasteiger partial charge is 0.233 e. The lowest BCUT2D eigenvalue weighted by Gasteiger charge is -2.33. The molecule has 1 saturated heterocycles. The first-order valence-electron chi connectivity index (χ1n) is 9.37. The van der Waals surface area contributed by atoms with E-state index in [0.717, 1.165) is 49.0 Å². The number of carbonyl (C=O) groups excluding carboxylic acids is 3. The topological polar surface area (TPSA) is 78.5 Å². The summed E-state index contributed by atoms with van der Waals surface area (Å²) >= 11 is 0. The van der Waals surface area contributed by atoms with Crippen molar-refractivity contribution in [2.24, 2.45) is 5.92 Å². The number of carbonyl (C=O) groups is 3. The molecule has 1 aromatic rings. The van der Waals surface area contributed by atoms with Crippen LogP contribution in [0.4, 0.5) is 5.69 Å². The van der Waals surface area contributed by atoms with Gasteiger partial charge < -0.3 is 15.5 Å². The summed E-state index contributed by atoms with van der Waals surface area (Å²) in [7, 11) is 0. The molecule has 0 spiro atoms. The lowest BCUT2D eigenvalue weighted by Crippen LogP contribution is -2.50. The largest absolute Gasteiger partial charge is 0.351 e. The Hall–Kier alpha value is -2.37. The molecule has 3 amide bonds. The minimum Gasteiger partial charge on any atom is -0.351 e. The van der Waals surface area contributed by atoms with Crippen LogP contribution in [0.5, 0.6) is 0 Å². The van der Waals surface area contributed by atoms with Crippen LogP contribution in [0.1, 0.15) is 43.2 Å². The molecule has 6 nitrogen and oxygen atoms in total. The number of rotatable bonds is 5. The Morgan fingerprint density at radius 1 is 1.12 bits per heavy atom.